The predicted octanol–water partition coefficient (Wildman–Crippen LogP) is 1.84. The summed E-state index contributed by atoms with van der Waals surface area (Å²) in [6.07, 6.45) is 2.17. The number of rotatable bonds is 1. The molecule has 0 aliphatic heterocycles. The van der Waals surface area contributed by atoms with Gasteiger partial charge in [0.1, 0.15) is 11.5 Å². The van der Waals surface area contributed by atoms with Crippen LogP contribution in [0.3, 0.4) is 0 Å². The average molecular weight is 173 g/mol. The van der Waals surface area contributed by atoms with Crippen molar-refractivity contribution >= 4 is 23.4 Å². The van der Waals surface area contributed by atoms with Crippen molar-refractivity contribution in [2.24, 2.45) is 4.99 Å². The third-order valence-corrected chi connectivity index (χ3v) is 1.24. The van der Waals surface area contributed by atoms with Crippen LogP contribution in [0.25, 0.3) is 0 Å². The number of aromatic nitrogens is 1. The summed E-state index contributed by atoms with van der Waals surface area (Å²) in [6, 6.07) is 1.00. The number of aliphatic imine (C=N–C) groups is 1. The molecule has 11 heavy (non-hydrogen) atoms. The van der Waals surface area contributed by atoms with Gasteiger partial charge in [0.05, 0.1) is 6.20 Å². The highest BCUT2D eigenvalue weighted by Gasteiger charge is 2.00. The molecule has 0 bridgehead atoms. The van der Waals surface area contributed by atoms with Crippen molar-refractivity contribution in [3.8, 4) is 0 Å². The second-order valence-corrected chi connectivity index (χ2v) is 2.02. The molecule has 1 heterocycles. The Hall–Kier alpha value is -1.25. The first-order chi connectivity index (χ1) is 5.24. The smallest absolute Gasteiger partial charge is 0.239 e. The molecule has 0 aliphatic carbocycles. The molecule has 0 spiro atoms. The standard InChI is InChI=1S/C6H2ClFN2O/c7-6-5(10-3-11)1-4(8)2-9-6/h1-2H. The summed E-state index contributed by atoms with van der Waals surface area (Å²) in [7, 11) is 0. The highest BCUT2D eigenvalue weighted by atomic mass is 35.5. The van der Waals surface area contributed by atoms with Gasteiger partial charge in [0.2, 0.25) is 6.08 Å². The summed E-state index contributed by atoms with van der Waals surface area (Å²) in [4.78, 5) is 16.3. The van der Waals surface area contributed by atoms with Crippen LogP contribution in [0.2, 0.25) is 5.15 Å². The molecule has 1 rings (SSSR count). The molecular formula is C6H2ClFN2O. The number of isocyanates is 1. The molecule has 0 saturated carbocycles. The van der Waals surface area contributed by atoms with Crippen LogP contribution in [0.4, 0.5) is 10.1 Å². The molecule has 0 aliphatic rings. The third-order valence-electron chi connectivity index (χ3n) is 0.953. The van der Waals surface area contributed by atoms with Crippen LogP contribution in [0.1, 0.15) is 0 Å². The molecule has 56 valence electrons. The summed E-state index contributed by atoms with van der Waals surface area (Å²) in [5, 5.41) is -0.0187. The van der Waals surface area contributed by atoms with Gasteiger partial charge < -0.3 is 0 Å². The van der Waals surface area contributed by atoms with Crippen LogP contribution in [0, 0.1) is 5.82 Å². The first-order valence-corrected chi connectivity index (χ1v) is 3.01. The Morgan fingerprint density at radius 3 is 3.09 bits per heavy atom. The molecule has 0 N–H and O–H groups in total. The van der Waals surface area contributed by atoms with Crippen LogP contribution in [0.5, 0.6) is 0 Å². The molecule has 1 aromatic heterocycles. The van der Waals surface area contributed by atoms with E-state index in [4.69, 9.17) is 11.6 Å². The number of carbonyl (C=O) groups excluding carboxylic acids is 1. The van der Waals surface area contributed by atoms with E-state index in [1.54, 1.807) is 0 Å². The average Bonchev–Trinajstić information content (AvgIpc) is 1.98. The van der Waals surface area contributed by atoms with E-state index < -0.39 is 5.82 Å². The maximum absolute atomic E-state index is 12.4. The maximum atomic E-state index is 12.4. The van der Waals surface area contributed by atoms with Gasteiger partial charge >= 0.3 is 0 Å². The van der Waals surface area contributed by atoms with E-state index >= 15 is 0 Å². The van der Waals surface area contributed by atoms with Crippen molar-refractivity contribution in [1.82, 2.24) is 4.98 Å². The fourth-order valence-corrected chi connectivity index (χ4v) is 0.685. The normalized spacial score (nSPS) is 8.91. The van der Waals surface area contributed by atoms with E-state index in [0.29, 0.717) is 0 Å². The van der Waals surface area contributed by atoms with Crippen molar-refractivity contribution in [2.45, 2.75) is 0 Å². The van der Waals surface area contributed by atoms with E-state index in [-0.39, 0.29) is 10.8 Å². The Bertz CT molecular complexity index is 322. The van der Waals surface area contributed by atoms with Gasteiger partial charge in [-0.05, 0) is 0 Å². The maximum Gasteiger partial charge on any atom is 0.240 e. The molecule has 0 atom stereocenters. The van der Waals surface area contributed by atoms with Gasteiger partial charge in [-0.2, -0.15) is 4.99 Å². The lowest BCUT2D eigenvalue weighted by atomic mass is 10.4. The fourth-order valence-electron chi connectivity index (χ4n) is 0.539. The molecule has 0 aromatic carbocycles. The molecule has 0 amide bonds. The van der Waals surface area contributed by atoms with E-state index in [0.717, 1.165) is 12.3 Å². The second-order valence-electron chi connectivity index (χ2n) is 1.67. The SMILES string of the molecule is O=C=Nc1cc(F)cnc1Cl. The molecule has 0 saturated heterocycles. The summed E-state index contributed by atoms with van der Waals surface area (Å²) in [6.45, 7) is 0. The number of pyridine rings is 1. The zero-order valence-electron chi connectivity index (χ0n) is 5.21. The summed E-state index contributed by atoms with van der Waals surface area (Å²) >= 11 is 5.42. The van der Waals surface area contributed by atoms with E-state index in [2.05, 4.69) is 9.98 Å². The minimum absolute atomic E-state index is 0.0123. The highest BCUT2D eigenvalue weighted by Crippen LogP contribution is 2.21. The first-order valence-electron chi connectivity index (χ1n) is 2.63. The Balaban J connectivity index is 3.22. The van der Waals surface area contributed by atoms with Crippen LogP contribution in [-0.2, 0) is 4.79 Å². The molecule has 0 unspecified atom stereocenters. The Labute approximate surface area is 66.5 Å². The Kier molecular flexibility index (Phi) is 2.31. The van der Waals surface area contributed by atoms with Gasteiger partial charge in [0, 0.05) is 6.07 Å². The van der Waals surface area contributed by atoms with Crippen LogP contribution in [0.15, 0.2) is 17.3 Å². The van der Waals surface area contributed by atoms with Crippen LogP contribution in [-0.4, -0.2) is 11.1 Å². The van der Waals surface area contributed by atoms with Gasteiger partial charge in [-0.15, -0.1) is 0 Å². The van der Waals surface area contributed by atoms with E-state index in [1.807, 2.05) is 0 Å². The predicted molar refractivity (Wildman–Crippen MR) is 37.0 cm³/mol. The molecule has 0 fully saturated rings. The molecule has 3 nitrogen and oxygen atoms in total. The molecule has 0 radical (unpaired) electrons. The Morgan fingerprint density at radius 2 is 2.45 bits per heavy atom. The van der Waals surface area contributed by atoms with Gasteiger partial charge in [0.15, 0.2) is 5.15 Å². The highest BCUT2D eigenvalue weighted by molar-refractivity contribution is 6.31. The minimum atomic E-state index is -0.594. The summed E-state index contributed by atoms with van der Waals surface area (Å²) in [5.41, 5.74) is -0.0123. The van der Waals surface area contributed by atoms with Crippen molar-refractivity contribution in [3.63, 3.8) is 0 Å². The minimum Gasteiger partial charge on any atom is -0.239 e. The number of hydrogen-bond acceptors (Lipinski definition) is 3. The lowest BCUT2D eigenvalue weighted by Gasteiger charge is -1.92. The third kappa shape index (κ3) is 1.83. The summed E-state index contributed by atoms with van der Waals surface area (Å²) in [5.74, 6) is -0.594. The summed E-state index contributed by atoms with van der Waals surface area (Å²) < 4.78 is 12.4. The van der Waals surface area contributed by atoms with Crippen LogP contribution >= 0.6 is 11.6 Å². The van der Waals surface area contributed by atoms with Gasteiger partial charge in [-0.3, -0.25) is 0 Å². The van der Waals surface area contributed by atoms with Crippen molar-refractivity contribution in [3.05, 3.63) is 23.2 Å². The number of nitrogens with zero attached hydrogens (tertiary/aromatic N) is 2. The van der Waals surface area contributed by atoms with Crippen molar-refractivity contribution < 1.29 is 9.18 Å². The zero-order chi connectivity index (χ0) is 8.27. The lowest BCUT2D eigenvalue weighted by molar-refractivity contribution is 0.565. The monoisotopic (exact) mass is 172 g/mol. The molecule has 1 aromatic rings. The molecular weight excluding hydrogens is 171 g/mol. The lowest BCUT2D eigenvalue weighted by Crippen LogP contribution is -1.78. The molecule has 5 heteroatoms. The van der Waals surface area contributed by atoms with Crippen LogP contribution < -0.4 is 0 Å². The van der Waals surface area contributed by atoms with E-state index in [9.17, 15) is 9.18 Å². The van der Waals surface area contributed by atoms with Gasteiger partial charge in [-0.25, -0.2) is 14.2 Å². The number of halogens is 2. The van der Waals surface area contributed by atoms with Gasteiger partial charge in [0.25, 0.3) is 0 Å². The quantitative estimate of drug-likeness (QED) is 0.369. The first kappa shape index (κ1) is 7.85. The largest absolute Gasteiger partial charge is 0.240 e. The zero-order valence-corrected chi connectivity index (χ0v) is 5.97. The fraction of sp³-hybridized carbons (Fsp3) is 0. The Morgan fingerprint density at radius 1 is 1.73 bits per heavy atom. The second kappa shape index (κ2) is 3.23. The topological polar surface area (TPSA) is 42.3 Å². The van der Waals surface area contributed by atoms with Crippen molar-refractivity contribution in [1.29, 1.82) is 0 Å². The van der Waals surface area contributed by atoms with Gasteiger partial charge in [-0.1, -0.05) is 11.6 Å². The van der Waals surface area contributed by atoms with Crippen molar-refractivity contribution in [2.75, 3.05) is 0 Å². The number of hydrogen-bond donors (Lipinski definition) is 0. The van der Waals surface area contributed by atoms with E-state index in [1.165, 1.54) is 6.08 Å².